The van der Waals surface area contributed by atoms with E-state index in [0.717, 1.165) is 72.3 Å². The van der Waals surface area contributed by atoms with Crippen LogP contribution in [0.5, 0.6) is 11.6 Å². The standard InChI is InChI=1S/C34H41FN2O4/c1-5-37(6-2)20-26-16-24(12-14-27(26)28-18-32(40-7-3)36-19-29(28)35)30-15-13-22-8-11-25(17-31(22)41-30)33(23-9-10-23)21(4)34(38)39/h8,11-12,14,16-19,21,23,30,33H,5-7,9-10,13,15,20H2,1-4H3,(H,38,39)/t21-,30?,33-/m0/s1. The number of carboxylic acid groups (broad SMARTS) is 1. The lowest BCUT2D eigenvalue weighted by Crippen LogP contribution is -2.23. The number of hydrogen-bond donors (Lipinski definition) is 1. The summed E-state index contributed by atoms with van der Waals surface area (Å²) in [5.41, 5.74) is 5.61. The fourth-order valence-corrected chi connectivity index (χ4v) is 6.15. The summed E-state index contributed by atoms with van der Waals surface area (Å²) in [7, 11) is 0. The van der Waals surface area contributed by atoms with E-state index < -0.39 is 11.9 Å². The molecular formula is C34H41FN2O4. The maximum atomic E-state index is 15.1. The molecule has 218 valence electrons. The molecule has 7 heteroatoms. The van der Waals surface area contributed by atoms with E-state index in [1.54, 1.807) is 6.07 Å². The minimum atomic E-state index is -0.752. The fraction of sp³-hybridized carbons (Fsp3) is 0.471. The lowest BCUT2D eigenvalue weighted by Gasteiger charge is -2.29. The zero-order valence-electron chi connectivity index (χ0n) is 24.5. The van der Waals surface area contributed by atoms with Crippen molar-refractivity contribution in [2.45, 2.75) is 71.9 Å². The molecule has 1 aliphatic carbocycles. The van der Waals surface area contributed by atoms with Gasteiger partial charge in [-0.05, 0) is 91.4 Å². The van der Waals surface area contributed by atoms with Crippen molar-refractivity contribution in [1.29, 1.82) is 0 Å². The van der Waals surface area contributed by atoms with Crippen LogP contribution in [0.4, 0.5) is 4.39 Å². The van der Waals surface area contributed by atoms with Crippen LogP contribution in [0.25, 0.3) is 11.1 Å². The summed E-state index contributed by atoms with van der Waals surface area (Å²) >= 11 is 0. The highest BCUT2D eigenvalue weighted by Gasteiger charge is 2.39. The molecule has 1 N–H and O–H groups in total. The van der Waals surface area contributed by atoms with E-state index in [1.165, 1.54) is 6.20 Å². The molecule has 1 aliphatic heterocycles. The van der Waals surface area contributed by atoms with Gasteiger partial charge in [-0.2, -0.15) is 0 Å². The first-order valence-corrected chi connectivity index (χ1v) is 15.0. The van der Waals surface area contributed by atoms with Crippen LogP contribution >= 0.6 is 0 Å². The number of hydrogen-bond acceptors (Lipinski definition) is 5. The van der Waals surface area contributed by atoms with Crippen molar-refractivity contribution in [2.75, 3.05) is 19.7 Å². The highest BCUT2D eigenvalue weighted by molar-refractivity contribution is 5.71. The number of nitrogens with zero attached hydrogens (tertiary/aromatic N) is 2. The Morgan fingerprint density at radius 2 is 1.88 bits per heavy atom. The topological polar surface area (TPSA) is 71.9 Å². The molecule has 0 bridgehead atoms. The van der Waals surface area contributed by atoms with Crippen molar-refractivity contribution in [3.63, 3.8) is 0 Å². The van der Waals surface area contributed by atoms with E-state index in [-0.39, 0.29) is 17.8 Å². The van der Waals surface area contributed by atoms with Crippen LogP contribution in [0.1, 0.15) is 81.2 Å². The number of fused-ring (bicyclic) bond motifs is 1. The number of rotatable bonds is 12. The molecule has 2 heterocycles. The summed E-state index contributed by atoms with van der Waals surface area (Å²) in [6, 6.07) is 14.2. The molecular weight excluding hydrogens is 519 g/mol. The number of aromatic nitrogens is 1. The van der Waals surface area contributed by atoms with Crippen LogP contribution in [-0.2, 0) is 17.8 Å². The molecule has 1 fully saturated rings. The first kappa shape index (κ1) is 29.1. The van der Waals surface area contributed by atoms with Gasteiger partial charge in [-0.25, -0.2) is 9.37 Å². The molecule has 0 amide bonds. The van der Waals surface area contributed by atoms with E-state index in [2.05, 4.69) is 48.0 Å². The van der Waals surface area contributed by atoms with Gasteiger partial charge in [-0.1, -0.05) is 51.1 Å². The Labute approximate surface area is 242 Å². The number of benzene rings is 2. The van der Waals surface area contributed by atoms with Gasteiger partial charge in [0.2, 0.25) is 5.88 Å². The predicted molar refractivity (Wildman–Crippen MR) is 158 cm³/mol. The summed E-state index contributed by atoms with van der Waals surface area (Å²) in [6.45, 7) is 10.9. The summed E-state index contributed by atoms with van der Waals surface area (Å²) in [5, 5.41) is 9.74. The van der Waals surface area contributed by atoms with Crippen molar-refractivity contribution in [2.24, 2.45) is 11.8 Å². The van der Waals surface area contributed by atoms with Crippen molar-refractivity contribution >= 4 is 5.97 Å². The van der Waals surface area contributed by atoms with E-state index in [1.807, 2.05) is 26.0 Å². The largest absolute Gasteiger partial charge is 0.485 e. The van der Waals surface area contributed by atoms with Crippen molar-refractivity contribution in [3.8, 4) is 22.8 Å². The Kier molecular flexibility index (Phi) is 8.93. The van der Waals surface area contributed by atoms with Crippen molar-refractivity contribution < 1.29 is 23.8 Å². The summed E-state index contributed by atoms with van der Waals surface area (Å²) in [5.74, 6) is 0.108. The van der Waals surface area contributed by atoms with Gasteiger partial charge in [-0.15, -0.1) is 0 Å². The van der Waals surface area contributed by atoms with E-state index in [4.69, 9.17) is 9.47 Å². The van der Waals surface area contributed by atoms with Crippen LogP contribution in [-0.4, -0.2) is 40.7 Å². The molecule has 1 aromatic heterocycles. The normalized spacial score (nSPS) is 18.0. The minimum Gasteiger partial charge on any atom is -0.485 e. The molecule has 1 unspecified atom stereocenters. The van der Waals surface area contributed by atoms with Gasteiger partial charge in [0.1, 0.15) is 17.7 Å². The summed E-state index contributed by atoms with van der Waals surface area (Å²) in [6.07, 6.45) is 4.97. The Hall–Kier alpha value is -3.45. The lowest BCUT2D eigenvalue weighted by atomic mass is 9.82. The van der Waals surface area contributed by atoms with Crippen LogP contribution in [0.3, 0.4) is 0 Å². The van der Waals surface area contributed by atoms with Crippen LogP contribution in [0, 0.1) is 17.7 Å². The number of carboxylic acids is 1. The SMILES string of the molecule is CCOc1cc(-c2ccc(C3CCc4ccc([C@H](C5CC5)[C@H](C)C(=O)O)cc4O3)cc2CN(CC)CC)c(F)cn1. The molecule has 0 spiro atoms. The second-order valence-electron chi connectivity index (χ2n) is 11.3. The van der Waals surface area contributed by atoms with Crippen molar-refractivity contribution in [1.82, 2.24) is 9.88 Å². The molecule has 3 aromatic rings. The Morgan fingerprint density at radius 3 is 2.56 bits per heavy atom. The van der Waals surface area contributed by atoms with Crippen molar-refractivity contribution in [3.05, 3.63) is 76.7 Å². The van der Waals surface area contributed by atoms with E-state index in [9.17, 15) is 9.90 Å². The van der Waals surface area contributed by atoms with Crippen LogP contribution in [0.2, 0.25) is 0 Å². The number of pyridine rings is 1. The maximum Gasteiger partial charge on any atom is 0.306 e. The van der Waals surface area contributed by atoms with Gasteiger partial charge in [0, 0.05) is 18.2 Å². The summed E-state index contributed by atoms with van der Waals surface area (Å²) in [4.78, 5) is 18.3. The fourth-order valence-electron chi connectivity index (χ4n) is 6.15. The van der Waals surface area contributed by atoms with E-state index in [0.29, 0.717) is 30.5 Å². The third-order valence-corrected chi connectivity index (χ3v) is 8.68. The Balaban J connectivity index is 1.47. The van der Waals surface area contributed by atoms with E-state index >= 15 is 4.39 Å². The molecule has 2 aromatic carbocycles. The first-order chi connectivity index (χ1) is 19.8. The number of halogens is 1. The van der Waals surface area contributed by atoms with Crippen LogP contribution in [0.15, 0.2) is 48.7 Å². The molecule has 5 rings (SSSR count). The molecule has 6 nitrogen and oxygen atoms in total. The average Bonchev–Trinajstić information content (AvgIpc) is 3.82. The van der Waals surface area contributed by atoms with Crippen LogP contribution < -0.4 is 9.47 Å². The third-order valence-electron chi connectivity index (χ3n) is 8.68. The van der Waals surface area contributed by atoms with Gasteiger partial charge in [0.05, 0.1) is 18.7 Å². The second-order valence-corrected chi connectivity index (χ2v) is 11.3. The first-order valence-electron chi connectivity index (χ1n) is 15.0. The zero-order chi connectivity index (χ0) is 29.1. The number of ether oxygens (including phenoxy) is 2. The highest BCUT2D eigenvalue weighted by Crippen LogP contribution is 2.48. The van der Waals surface area contributed by atoms with Gasteiger partial charge in [0.25, 0.3) is 0 Å². The number of carbonyl (C=O) groups is 1. The number of aliphatic carboxylic acids is 1. The molecule has 41 heavy (non-hydrogen) atoms. The lowest BCUT2D eigenvalue weighted by molar-refractivity contribution is -0.142. The molecule has 0 saturated heterocycles. The minimum absolute atomic E-state index is 0.00132. The van der Waals surface area contributed by atoms with Gasteiger partial charge >= 0.3 is 5.97 Å². The molecule has 2 aliphatic rings. The molecule has 1 saturated carbocycles. The molecule has 0 radical (unpaired) electrons. The monoisotopic (exact) mass is 560 g/mol. The Morgan fingerprint density at radius 1 is 1.10 bits per heavy atom. The smallest absolute Gasteiger partial charge is 0.306 e. The quantitative estimate of drug-likeness (QED) is 0.249. The van der Waals surface area contributed by atoms with Gasteiger partial charge < -0.3 is 14.6 Å². The van der Waals surface area contributed by atoms with Gasteiger partial charge in [-0.3, -0.25) is 9.69 Å². The Bertz CT molecular complexity index is 1390. The number of aryl methyl sites for hydroxylation is 1. The molecule has 3 atom stereocenters. The zero-order valence-corrected chi connectivity index (χ0v) is 24.5. The maximum absolute atomic E-state index is 15.1. The average molecular weight is 561 g/mol. The summed E-state index contributed by atoms with van der Waals surface area (Å²) < 4.78 is 27.3. The van der Waals surface area contributed by atoms with Gasteiger partial charge in [0.15, 0.2) is 0 Å². The predicted octanol–water partition coefficient (Wildman–Crippen LogP) is 7.41. The highest BCUT2D eigenvalue weighted by atomic mass is 19.1. The second kappa shape index (κ2) is 12.6. The third kappa shape index (κ3) is 6.40.